The summed E-state index contributed by atoms with van der Waals surface area (Å²) in [5.74, 6) is 0.0929. The lowest BCUT2D eigenvalue weighted by molar-refractivity contribution is -0.133. The van der Waals surface area contributed by atoms with E-state index in [2.05, 4.69) is 30.5 Å². The summed E-state index contributed by atoms with van der Waals surface area (Å²) < 4.78 is 2.94. The Morgan fingerprint density at radius 2 is 2.33 bits per heavy atom. The Kier molecular flexibility index (Phi) is 4.49. The van der Waals surface area contributed by atoms with Gasteiger partial charge in [0, 0.05) is 17.2 Å². The molecule has 5 nitrogen and oxygen atoms in total. The highest BCUT2D eigenvalue weighted by atomic mass is 79.9. The van der Waals surface area contributed by atoms with Crippen LogP contribution in [0.1, 0.15) is 25.7 Å². The van der Waals surface area contributed by atoms with E-state index in [0.29, 0.717) is 0 Å². The van der Waals surface area contributed by atoms with E-state index >= 15 is 0 Å². The minimum atomic E-state index is -0.828. The summed E-state index contributed by atoms with van der Waals surface area (Å²) in [6.45, 7) is 0.851. The van der Waals surface area contributed by atoms with Crippen LogP contribution in [-0.4, -0.2) is 31.4 Å². The van der Waals surface area contributed by atoms with E-state index in [1.165, 1.54) is 31.0 Å². The van der Waals surface area contributed by atoms with Crippen LogP contribution >= 0.6 is 27.7 Å². The van der Waals surface area contributed by atoms with Gasteiger partial charge in [-0.1, -0.05) is 24.6 Å². The van der Waals surface area contributed by atoms with E-state index in [1.807, 2.05) is 6.07 Å². The molecule has 2 aromatic rings. The topological polar surface area (TPSA) is 68.0 Å². The number of carboxylic acid groups (broad SMARTS) is 1. The lowest BCUT2D eigenvalue weighted by Gasteiger charge is -2.07. The van der Waals surface area contributed by atoms with Crippen molar-refractivity contribution in [3.8, 4) is 0 Å². The van der Waals surface area contributed by atoms with Gasteiger partial charge in [0.1, 0.15) is 5.52 Å². The predicted molar refractivity (Wildman–Crippen MR) is 85.5 cm³/mol. The number of aromatic nitrogens is 3. The van der Waals surface area contributed by atoms with Crippen LogP contribution in [0.25, 0.3) is 11.2 Å². The number of hydrogen-bond acceptors (Lipinski definition) is 4. The van der Waals surface area contributed by atoms with Gasteiger partial charge >= 0.3 is 5.97 Å². The highest BCUT2D eigenvalue weighted by Gasteiger charge is 2.21. The van der Waals surface area contributed by atoms with Crippen LogP contribution in [-0.2, 0) is 11.3 Å². The number of pyridine rings is 1. The third-order valence-electron chi connectivity index (χ3n) is 3.53. The molecular weight excluding hydrogens is 354 g/mol. The van der Waals surface area contributed by atoms with E-state index in [9.17, 15) is 4.79 Å². The third-order valence-corrected chi connectivity index (χ3v) is 4.93. The number of aryl methyl sites for hydroxylation is 1. The molecule has 0 unspecified atom stereocenters. The molecule has 0 atom stereocenters. The van der Waals surface area contributed by atoms with E-state index < -0.39 is 5.97 Å². The summed E-state index contributed by atoms with van der Waals surface area (Å²) in [5, 5.41) is 9.61. The molecule has 1 saturated carbocycles. The number of nitrogens with zero attached hydrogens (tertiary/aromatic N) is 3. The molecule has 1 aliphatic rings. The quantitative estimate of drug-likeness (QED) is 0.755. The van der Waals surface area contributed by atoms with Crippen molar-refractivity contribution in [2.75, 3.05) is 5.75 Å². The largest absolute Gasteiger partial charge is 0.481 e. The lowest BCUT2D eigenvalue weighted by Crippen LogP contribution is -2.04. The van der Waals surface area contributed by atoms with E-state index in [-0.39, 0.29) is 5.75 Å². The zero-order valence-electron chi connectivity index (χ0n) is 11.5. The first kappa shape index (κ1) is 14.8. The average molecular weight is 370 g/mol. The van der Waals surface area contributed by atoms with Crippen LogP contribution in [0.2, 0.25) is 0 Å². The van der Waals surface area contributed by atoms with Crippen molar-refractivity contribution in [2.45, 2.75) is 37.4 Å². The summed E-state index contributed by atoms with van der Waals surface area (Å²) in [5.41, 5.74) is 1.64. The van der Waals surface area contributed by atoms with Gasteiger partial charge in [0.05, 0.1) is 5.75 Å². The van der Waals surface area contributed by atoms with Gasteiger partial charge in [-0.15, -0.1) is 0 Å². The van der Waals surface area contributed by atoms with Gasteiger partial charge in [-0.2, -0.15) is 0 Å². The minimum Gasteiger partial charge on any atom is -0.481 e. The Hall–Kier alpha value is -1.08. The first-order valence-corrected chi connectivity index (χ1v) is 8.77. The van der Waals surface area contributed by atoms with Gasteiger partial charge in [-0.25, -0.2) is 9.97 Å². The van der Waals surface area contributed by atoms with Crippen molar-refractivity contribution in [1.82, 2.24) is 14.5 Å². The Bertz CT molecular complexity index is 670. The molecule has 112 valence electrons. The number of aliphatic carboxylic acids is 1. The number of imidazole rings is 1. The van der Waals surface area contributed by atoms with Gasteiger partial charge in [0.15, 0.2) is 10.8 Å². The number of carboxylic acids is 1. The van der Waals surface area contributed by atoms with Crippen LogP contribution in [0, 0.1) is 5.92 Å². The molecule has 0 radical (unpaired) electrons. The summed E-state index contributed by atoms with van der Waals surface area (Å²) >= 11 is 4.65. The molecule has 0 saturated heterocycles. The fourth-order valence-corrected chi connectivity index (χ4v) is 3.42. The molecule has 7 heteroatoms. The highest BCUT2D eigenvalue weighted by molar-refractivity contribution is 9.10. The Balaban J connectivity index is 1.83. The van der Waals surface area contributed by atoms with Crippen LogP contribution in [0.5, 0.6) is 0 Å². The highest BCUT2D eigenvalue weighted by Crippen LogP contribution is 2.34. The Morgan fingerprint density at radius 3 is 3.05 bits per heavy atom. The van der Waals surface area contributed by atoms with Gasteiger partial charge in [-0.05, 0) is 40.8 Å². The molecule has 1 aliphatic carbocycles. The Morgan fingerprint density at radius 1 is 1.52 bits per heavy atom. The van der Waals surface area contributed by atoms with E-state index in [0.717, 1.165) is 39.7 Å². The van der Waals surface area contributed by atoms with Crippen LogP contribution < -0.4 is 0 Å². The zero-order valence-corrected chi connectivity index (χ0v) is 13.9. The van der Waals surface area contributed by atoms with Gasteiger partial charge < -0.3 is 9.67 Å². The summed E-state index contributed by atoms with van der Waals surface area (Å²) in [6, 6.07) is 1.92. The van der Waals surface area contributed by atoms with Crippen molar-refractivity contribution in [1.29, 1.82) is 0 Å². The molecule has 1 N–H and O–H groups in total. The lowest BCUT2D eigenvalue weighted by atomic mass is 10.2. The zero-order chi connectivity index (χ0) is 14.8. The van der Waals surface area contributed by atoms with Crippen molar-refractivity contribution in [3.05, 3.63) is 16.7 Å². The first-order chi connectivity index (χ1) is 10.1. The number of carbonyl (C=O) groups is 1. The van der Waals surface area contributed by atoms with E-state index in [4.69, 9.17) is 5.11 Å². The average Bonchev–Trinajstić information content (AvgIpc) is 3.19. The molecule has 2 aromatic heterocycles. The standard InChI is InChI=1S/C14H16BrN3O2S/c15-10-6-11-13(16-7-10)18(5-1-2-9-3-4-9)14(17-11)21-8-12(19)20/h6-7,9H,1-5,8H2,(H,19,20). The van der Waals surface area contributed by atoms with Gasteiger partial charge in [0.2, 0.25) is 0 Å². The van der Waals surface area contributed by atoms with Crippen LogP contribution in [0.3, 0.4) is 0 Å². The van der Waals surface area contributed by atoms with Gasteiger partial charge in [0.25, 0.3) is 0 Å². The molecule has 0 aliphatic heterocycles. The molecule has 0 aromatic carbocycles. The van der Waals surface area contributed by atoms with Gasteiger partial charge in [-0.3, -0.25) is 4.79 Å². The summed E-state index contributed by atoms with van der Waals surface area (Å²) in [6.07, 6.45) is 6.80. The van der Waals surface area contributed by atoms with E-state index in [1.54, 1.807) is 6.20 Å². The maximum Gasteiger partial charge on any atom is 0.313 e. The van der Waals surface area contributed by atoms with Crippen molar-refractivity contribution < 1.29 is 9.90 Å². The molecule has 1 fully saturated rings. The molecule has 0 amide bonds. The second-order valence-corrected chi connectivity index (χ2v) is 7.17. The summed E-state index contributed by atoms with van der Waals surface area (Å²) in [4.78, 5) is 19.7. The number of hydrogen-bond donors (Lipinski definition) is 1. The number of fused-ring (bicyclic) bond motifs is 1. The van der Waals surface area contributed by atoms with Crippen molar-refractivity contribution in [3.63, 3.8) is 0 Å². The predicted octanol–water partition coefficient (Wildman–Crippen LogP) is 3.56. The maximum absolute atomic E-state index is 10.8. The number of rotatable bonds is 7. The number of thioether (sulfide) groups is 1. The SMILES string of the molecule is O=C(O)CSc1nc2cc(Br)cnc2n1CCCC1CC1. The Labute approximate surface area is 135 Å². The molecule has 2 heterocycles. The fraction of sp³-hybridized carbons (Fsp3) is 0.500. The minimum absolute atomic E-state index is 0.0209. The molecule has 3 rings (SSSR count). The van der Waals surface area contributed by atoms with Crippen molar-refractivity contribution >= 4 is 44.8 Å². The normalized spacial score (nSPS) is 14.7. The monoisotopic (exact) mass is 369 g/mol. The maximum atomic E-state index is 10.8. The number of halogens is 1. The summed E-state index contributed by atoms with van der Waals surface area (Å²) in [7, 11) is 0. The van der Waals surface area contributed by atoms with Crippen molar-refractivity contribution in [2.24, 2.45) is 5.92 Å². The smallest absolute Gasteiger partial charge is 0.313 e. The van der Waals surface area contributed by atoms with Crippen LogP contribution in [0.4, 0.5) is 0 Å². The molecular formula is C14H16BrN3O2S. The molecule has 21 heavy (non-hydrogen) atoms. The molecule has 0 bridgehead atoms. The second-order valence-electron chi connectivity index (χ2n) is 5.31. The first-order valence-electron chi connectivity index (χ1n) is 7.00. The van der Waals surface area contributed by atoms with Crippen LogP contribution in [0.15, 0.2) is 21.9 Å². The molecule has 0 spiro atoms. The second kappa shape index (κ2) is 6.36. The fourth-order valence-electron chi connectivity index (χ4n) is 2.35. The third kappa shape index (κ3) is 3.77.